The van der Waals surface area contributed by atoms with Crippen molar-refractivity contribution in [1.29, 1.82) is 0 Å². The molecule has 0 aliphatic rings. The van der Waals surface area contributed by atoms with Crippen LogP contribution in [-0.2, 0) is 6.61 Å². The van der Waals surface area contributed by atoms with E-state index < -0.39 is 0 Å². The van der Waals surface area contributed by atoms with Crippen LogP contribution < -0.4 is 15.4 Å². The molecule has 3 nitrogen and oxygen atoms in total. The molecule has 0 aliphatic heterocycles. The fourth-order valence-corrected chi connectivity index (χ4v) is 2.66. The molecular formula is C21H19FN2OS. The molecule has 3 rings (SSSR count). The van der Waals surface area contributed by atoms with Crippen molar-refractivity contribution in [3.8, 4) is 5.75 Å². The van der Waals surface area contributed by atoms with Gasteiger partial charge in [0, 0.05) is 11.4 Å². The number of aryl methyl sites for hydroxylation is 1. The Balaban J connectivity index is 1.54. The van der Waals surface area contributed by atoms with Gasteiger partial charge in [-0.05, 0) is 72.7 Å². The molecule has 0 atom stereocenters. The number of nitrogens with one attached hydrogen (secondary N) is 2. The second-order valence-electron chi connectivity index (χ2n) is 5.84. The lowest BCUT2D eigenvalue weighted by molar-refractivity contribution is 0.306. The minimum absolute atomic E-state index is 0.266. The van der Waals surface area contributed by atoms with Gasteiger partial charge in [-0.1, -0.05) is 30.3 Å². The van der Waals surface area contributed by atoms with Crippen molar-refractivity contribution in [2.75, 3.05) is 10.6 Å². The second kappa shape index (κ2) is 8.45. The number of hydrogen-bond acceptors (Lipinski definition) is 2. The molecule has 132 valence electrons. The van der Waals surface area contributed by atoms with Crippen LogP contribution in [0.25, 0.3) is 0 Å². The normalized spacial score (nSPS) is 10.2. The highest BCUT2D eigenvalue weighted by Crippen LogP contribution is 2.19. The maximum atomic E-state index is 13.2. The first-order chi connectivity index (χ1) is 12.6. The molecule has 0 saturated heterocycles. The zero-order valence-corrected chi connectivity index (χ0v) is 15.1. The maximum absolute atomic E-state index is 13.2. The summed E-state index contributed by atoms with van der Waals surface area (Å²) in [5.41, 5.74) is 3.52. The third-order valence-electron chi connectivity index (χ3n) is 3.80. The van der Waals surface area contributed by atoms with Gasteiger partial charge in [0.25, 0.3) is 0 Å². The molecule has 0 heterocycles. The highest BCUT2D eigenvalue weighted by atomic mass is 32.1. The lowest BCUT2D eigenvalue weighted by Crippen LogP contribution is -2.19. The van der Waals surface area contributed by atoms with Crippen LogP contribution in [0.5, 0.6) is 5.75 Å². The Morgan fingerprint density at radius 2 is 1.69 bits per heavy atom. The van der Waals surface area contributed by atoms with Crippen LogP contribution in [0.2, 0.25) is 0 Å². The van der Waals surface area contributed by atoms with Gasteiger partial charge < -0.3 is 15.4 Å². The van der Waals surface area contributed by atoms with Crippen molar-refractivity contribution in [1.82, 2.24) is 0 Å². The second-order valence-corrected chi connectivity index (χ2v) is 6.25. The molecule has 0 aliphatic carbocycles. The number of ether oxygens (including phenoxy) is 1. The molecule has 3 aromatic rings. The van der Waals surface area contributed by atoms with Gasteiger partial charge in [0.15, 0.2) is 5.11 Å². The summed E-state index contributed by atoms with van der Waals surface area (Å²) in [5, 5.41) is 6.62. The molecule has 0 radical (unpaired) electrons. The zero-order valence-electron chi connectivity index (χ0n) is 14.3. The van der Waals surface area contributed by atoms with Gasteiger partial charge in [0.2, 0.25) is 0 Å². The first-order valence-corrected chi connectivity index (χ1v) is 8.62. The van der Waals surface area contributed by atoms with E-state index in [1.807, 2.05) is 61.5 Å². The Morgan fingerprint density at radius 1 is 0.962 bits per heavy atom. The van der Waals surface area contributed by atoms with E-state index in [-0.39, 0.29) is 5.82 Å². The minimum Gasteiger partial charge on any atom is -0.489 e. The molecule has 0 unspecified atom stereocenters. The van der Waals surface area contributed by atoms with Crippen molar-refractivity contribution in [3.05, 3.63) is 89.7 Å². The van der Waals surface area contributed by atoms with E-state index in [1.54, 1.807) is 6.07 Å². The van der Waals surface area contributed by atoms with Gasteiger partial charge in [-0.15, -0.1) is 0 Å². The summed E-state index contributed by atoms with van der Waals surface area (Å²) in [6.45, 7) is 2.35. The number of hydrogen-bond donors (Lipinski definition) is 2. The largest absolute Gasteiger partial charge is 0.489 e. The van der Waals surface area contributed by atoms with Crippen LogP contribution in [0.1, 0.15) is 11.1 Å². The molecule has 5 heteroatoms. The lowest BCUT2D eigenvalue weighted by atomic mass is 10.2. The quantitative estimate of drug-likeness (QED) is 0.582. The van der Waals surface area contributed by atoms with Crippen LogP contribution in [0, 0.1) is 12.7 Å². The Bertz CT molecular complexity index is 882. The number of benzene rings is 3. The average molecular weight is 366 g/mol. The topological polar surface area (TPSA) is 33.3 Å². The first kappa shape index (κ1) is 17.9. The van der Waals surface area contributed by atoms with Crippen LogP contribution in [0.4, 0.5) is 15.8 Å². The Labute approximate surface area is 157 Å². The standard InChI is InChI=1S/C21H19FN2OS/c1-15-13-17(22)7-12-20(15)24-21(26)23-18-8-10-19(11-9-18)25-14-16-5-3-2-4-6-16/h2-13H,14H2,1H3,(H2,23,24,26). The Kier molecular flexibility index (Phi) is 5.81. The summed E-state index contributed by atoms with van der Waals surface area (Å²) in [6, 6.07) is 22.1. The van der Waals surface area contributed by atoms with E-state index in [1.165, 1.54) is 12.1 Å². The Hall–Kier alpha value is -2.92. The van der Waals surface area contributed by atoms with Crippen LogP contribution in [-0.4, -0.2) is 5.11 Å². The number of anilines is 2. The third-order valence-corrected chi connectivity index (χ3v) is 4.00. The first-order valence-electron chi connectivity index (χ1n) is 8.21. The highest BCUT2D eigenvalue weighted by Gasteiger charge is 2.04. The molecule has 0 bridgehead atoms. The summed E-state index contributed by atoms with van der Waals surface area (Å²) in [5.74, 6) is 0.519. The number of halogens is 1. The molecule has 3 aromatic carbocycles. The summed E-state index contributed by atoms with van der Waals surface area (Å²) >= 11 is 5.31. The van der Waals surface area contributed by atoms with E-state index in [0.717, 1.165) is 28.3 Å². The monoisotopic (exact) mass is 366 g/mol. The zero-order chi connectivity index (χ0) is 18.4. The predicted octanol–water partition coefficient (Wildman–Crippen LogP) is 5.52. The van der Waals surface area contributed by atoms with Gasteiger partial charge >= 0.3 is 0 Å². The van der Waals surface area contributed by atoms with Crippen LogP contribution >= 0.6 is 12.2 Å². The molecule has 2 N–H and O–H groups in total. The summed E-state index contributed by atoms with van der Waals surface area (Å²) in [6.07, 6.45) is 0. The minimum atomic E-state index is -0.266. The van der Waals surface area contributed by atoms with Crippen molar-refractivity contribution < 1.29 is 9.13 Å². The highest BCUT2D eigenvalue weighted by molar-refractivity contribution is 7.80. The Morgan fingerprint density at radius 3 is 2.38 bits per heavy atom. The van der Waals surface area contributed by atoms with Gasteiger partial charge in [0.1, 0.15) is 18.2 Å². The van der Waals surface area contributed by atoms with E-state index in [2.05, 4.69) is 10.6 Å². The van der Waals surface area contributed by atoms with E-state index >= 15 is 0 Å². The van der Waals surface area contributed by atoms with Gasteiger partial charge in [-0.2, -0.15) is 0 Å². The molecule has 0 amide bonds. The summed E-state index contributed by atoms with van der Waals surface area (Å²) < 4.78 is 18.9. The van der Waals surface area contributed by atoms with Gasteiger partial charge in [0.05, 0.1) is 0 Å². The molecular weight excluding hydrogens is 347 g/mol. The lowest BCUT2D eigenvalue weighted by Gasteiger charge is -2.13. The van der Waals surface area contributed by atoms with Crippen LogP contribution in [0.15, 0.2) is 72.8 Å². The van der Waals surface area contributed by atoms with Crippen molar-refractivity contribution in [2.45, 2.75) is 13.5 Å². The maximum Gasteiger partial charge on any atom is 0.175 e. The van der Waals surface area contributed by atoms with Crippen LogP contribution in [0.3, 0.4) is 0 Å². The molecule has 0 spiro atoms. The average Bonchev–Trinajstić information content (AvgIpc) is 2.64. The number of thiocarbonyl (C=S) groups is 1. The van der Waals surface area contributed by atoms with E-state index in [9.17, 15) is 4.39 Å². The smallest absolute Gasteiger partial charge is 0.175 e. The fraction of sp³-hybridized carbons (Fsp3) is 0.0952. The predicted molar refractivity (Wildman–Crippen MR) is 108 cm³/mol. The SMILES string of the molecule is Cc1cc(F)ccc1NC(=S)Nc1ccc(OCc2ccccc2)cc1. The molecule has 0 saturated carbocycles. The van der Waals surface area contributed by atoms with E-state index in [4.69, 9.17) is 17.0 Å². The van der Waals surface area contributed by atoms with Crippen molar-refractivity contribution in [2.24, 2.45) is 0 Å². The van der Waals surface area contributed by atoms with Gasteiger partial charge in [-0.25, -0.2) is 4.39 Å². The van der Waals surface area contributed by atoms with E-state index in [0.29, 0.717) is 11.7 Å². The van der Waals surface area contributed by atoms with Crippen molar-refractivity contribution in [3.63, 3.8) is 0 Å². The summed E-state index contributed by atoms with van der Waals surface area (Å²) in [7, 11) is 0. The summed E-state index contributed by atoms with van der Waals surface area (Å²) in [4.78, 5) is 0. The fourth-order valence-electron chi connectivity index (χ4n) is 2.43. The number of rotatable bonds is 5. The van der Waals surface area contributed by atoms with Gasteiger partial charge in [-0.3, -0.25) is 0 Å². The molecule has 26 heavy (non-hydrogen) atoms. The molecule has 0 fully saturated rings. The molecule has 0 aromatic heterocycles. The third kappa shape index (κ3) is 5.04. The van der Waals surface area contributed by atoms with Crippen molar-refractivity contribution >= 4 is 28.7 Å².